The second-order valence-electron chi connectivity index (χ2n) is 8.71. The van der Waals surface area contributed by atoms with Gasteiger partial charge in [-0.1, -0.05) is 18.2 Å². The number of rotatable bonds is 9. The molecule has 0 amide bonds. The Morgan fingerprint density at radius 1 is 1.33 bits per heavy atom. The van der Waals surface area contributed by atoms with Gasteiger partial charge in [-0.25, -0.2) is 13.8 Å². The van der Waals surface area contributed by atoms with E-state index in [2.05, 4.69) is 10.1 Å². The van der Waals surface area contributed by atoms with Crippen molar-refractivity contribution in [3.05, 3.63) is 52.8 Å². The second kappa shape index (κ2) is 9.54. The molecule has 196 valence electrons. The van der Waals surface area contributed by atoms with Crippen LogP contribution in [0.2, 0.25) is 0 Å². The van der Waals surface area contributed by atoms with Crippen molar-refractivity contribution in [2.75, 3.05) is 5.73 Å². The molecule has 13 nitrogen and oxygen atoms in total. The highest BCUT2D eigenvalue weighted by Gasteiger charge is 2.79. The van der Waals surface area contributed by atoms with Crippen molar-refractivity contribution in [2.45, 2.75) is 63.1 Å². The van der Waals surface area contributed by atoms with Crippen molar-refractivity contribution in [1.29, 1.82) is 0 Å². The van der Waals surface area contributed by atoms with E-state index in [1.165, 1.54) is 19.1 Å². The lowest BCUT2D eigenvalue weighted by Crippen LogP contribution is -2.42. The van der Waals surface area contributed by atoms with E-state index in [1.807, 2.05) is 0 Å². The number of aromatic nitrogens is 2. The number of nitrogen functional groups attached to an aromatic ring is 1. The van der Waals surface area contributed by atoms with E-state index in [0.29, 0.717) is 10.8 Å². The summed E-state index contributed by atoms with van der Waals surface area (Å²) < 4.78 is 49.9. The first kappa shape index (κ1) is 26.2. The first-order valence-corrected chi connectivity index (χ1v) is 12.5. The van der Waals surface area contributed by atoms with Crippen molar-refractivity contribution in [3.63, 3.8) is 0 Å². The minimum atomic E-state index is -4.39. The van der Waals surface area contributed by atoms with Crippen LogP contribution in [-0.2, 0) is 23.4 Å². The normalized spacial score (nSPS) is 29.3. The van der Waals surface area contributed by atoms with Crippen LogP contribution < -0.4 is 21.0 Å². The maximum atomic E-state index is 13.8. The molecule has 1 saturated carbocycles. The van der Waals surface area contributed by atoms with E-state index < -0.39 is 73.3 Å². The average molecular weight is 528 g/mol. The molecular formula is C21H26FN4O9P. The van der Waals surface area contributed by atoms with Gasteiger partial charge in [-0.15, -0.1) is 0 Å². The zero-order valence-electron chi connectivity index (χ0n) is 19.5. The summed E-state index contributed by atoms with van der Waals surface area (Å²) in [6.07, 6.45) is -5.72. The molecule has 1 aromatic carbocycles. The maximum Gasteiger partial charge on any atom is 0.459 e. The predicted octanol–water partition coefficient (Wildman–Crippen LogP) is 0.470. The van der Waals surface area contributed by atoms with Gasteiger partial charge in [0, 0.05) is 0 Å². The van der Waals surface area contributed by atoms with Crippen molar-refractivity contribution in [3.8, 4) is 5.75 Å². The first-order chi connectivity index (χ1) is 16.9. The van der Waals surface area contributed by atoms with Gasteiger partial charge in [0.05, 0.1) is 12.3 Å². The smallest absolute Gasteiger partial charge is 0.459 e. The van der Waals surface area contributed by atoms with Crippen molar-refractivity contribution < 1.29 is 42.5 Å². The molecule has 0 radical (unpaired) electrons. The second-order valence-corrected chi connectivity index (χ2v) is 10.4. The molecule has 2 aliphatic rings. The molecular weight excluding hydrogens is 502 g/mol. The molecule has 2 unspecified atom stereocenters. The lowest BCUT2D eigenvalue weighted by atomic mass is 10.1. The summed E-state index contributed by atoms with van der Waals surface area (Å²) in [6.45, 7) is 4.67. The number of halogens is 1. The fourth-order valence-corrected chi connectivity index (χ4v) is 5.48. The number of hydrogen-bond acceptors (Lipinski definition) is 11. The topological polar surface area (TPSA) is 184 Å². The van der Waals surface area contributed by atoms with E-state index in [9.17, 15) is 28.8 Å². The van der Waals surface area contributed by atoms with Gasteiger partial charge in [0.1, 0.15) is 30.1 Å². The number of anilines is 1. The molecule has 2 aromatic rings. The SMILES string of the molecule is CC(C)OC(=O)[C@@H](C)NP(=O)(Oc1ccccc1)OC1[C@H]2O[C@@H](n3cc(F)c(N)nc3=O)[C@H](O)[C@@]12O. The van der Waals surface area contributed by atoms with E-state index in [-0.39, 0.29) is 5.75 Å². The molecule has 7 atom stereocenters. The van der Waals surface area contributed by atoms with Crippen molar-refractivity contribution >= 4 is 19.5 Å². The number of para-hydroxylation sites is 1. The molecule has 36 heavy (non-hydrogen) atoms. The Hall–Kier alpha value is -2.87. The fourth-order valence-electron chi connectivity index (χ4n) is 3.77. The fraction of sp³-hybridized carbons (Fsp3) is 0.476. The number of esters is 1. The largest absolute Gasteiger partial charge is 0.462 e. The number of benzene rings is 1. The third-order valence-electron chi connectivity index (χ3n) is 5.59. The molecule has 1 aromatic heterocycles. The zero-order chi connectivity index (χ0) is 26.4. The number of carbonyl (C=O) groups excluding carboxylic acids is 1. The molecule has 2 fully saturated rings. The zero-order valence-corrected chi connectivity index (χ0v) is 20.4. The Morgan fingerprint density at radius 2 is 2.00 bits per heavy atom. The lowest BCUT2D eigenvalue weighted by Gasteiger charge is -2.27. The number of nitrogens with one attached hydrogen (secondary N) is 1. The summed E-state index contributed by atoms with van der Waals surface area (Å²) in [5, 5.41) is 24.2. The third-order valence-corrected chi connectivity index (χ3v) is 7.25. The van der Waals surface area contributed by atoms with Crippen LogP contribution in [-0.4, -0.2) is 61.8 Å². The number of carbonyl (C=O) groups is 1. The van der Waals surface area contributed by atoms with E-state index >= 15 is 0 Å². The molecule has 2 heterocycles. The molecule has 15 heteroatoms. The quantitative estimate of drug-likeness (QED) is 0.261. The highest BCUT2D eigenvalue weighted by atomic mass is 31.2. The molecule has 0 bridgehead atoms. The summed E-state index contributed by atoms with van der Waals surface area (Å²) in [6, 6.07) is 6.77. The Morgan fingerprint density at radius 3 is 2.58 bits per heavy atom. The van der Waals surface area contributed by atoms with Crippen LogP contribution in [0, 0.1) is 5.82 Å². The van der Waals surface area contributed by atoms with Gasteiger partial charge in [-0.2, -0.15) is 10.1 Å². The summed E-state index contributed by atoms with van der Waals surface area (Å²) in [5.74, 6) is -2.26. The van der Waals surface area contributed by atoms with Crippen LogP contribution in [0.4, 0.5) is 10.2 Å². The van der Waals surface area contributed by atoms with Gasteiger partial charge in [-0.05, 0) is 32.9 Å². The first-order valence-electron chi connectivity index (χ1n) is 11.0. The van der Waals surface area contributed by atoms with E-state index in [1.54, 1.807) is 32.0 Å². The Kier molecular flexibility index (Phi) is 6.94. The standard InChI is InChI=1S/C21H26FN4O9P/c1-10(2)32-19(28)11(3)25-36(31,34-12-7-5-4-6-8-12)35-16-15-21(16,30)14(27)18(33-15)26-9-13(22)17(23)24-20(26)29/h4-11,14-16,18,27,30H,1-3H3,(H,25,31)(H2,23,24,29)/t11-,14+,15-,16?,18-,21+,36?/m1/s1. The van der Waals surface area contributed by atoms with Crippen molar-refractivity contribution in [1.82, 2.24) is 14.6 Å². The molecule has 4 rings (SSSR count). The number of hydrogen-bond donors (Lipinski definition) is 4. The Bertz CT molecular complexity index is 1250. The summed E-state index contributed by atoms with van der Waals surface area (Å²) in [4.78, 5) is 27.7. The molecule has 1 aliphatic carbocycles. The van der Waals surface area contributed by atoms with Gasteiger partial charge in [0.25, 0.3) is 0 Å². The van der Waals surface area contributed by atoms with Gasteiger partial charge in [-0.3, -0.25) is 13.9 Å². The predicted molar refractivity (Wildman–Crippen MR) is 121 cm³/mol. The summed E-state index contributed by atoms with van der Waals surface area (Å²) >= 11 is 0. The third kappa shape index (κ3) is 4.88. The van der Waals surface area contributed by atoms with Gasteiger partial charge >= 0.3 is 19.4 Å². The van der Waals surface area contributed by atoms with Crippen LogP contribution in [0.1, 0.15) is 27.0 Å². The monoisotopic (exact) mass is 528 g/mol. The molecule has 0 spiro atoms. The Balaban J connectivity index is 1.54. The number of ether oxygens (including phenoxy) is 2. The highest BCUT2D eigenvalue weighted by Crippen LogP contribution is 2.60. The molecule has 1 saturated heterocycles. The van der Waals surface area contributed by atoms with Crippen LogP contribution in [0.5, 0.6) is 5.75 Å². The number of fused-ring (bicyclic) bond motifs is 1. The minimum absolute atomic E-state index is 0.130. The average Bonchev–Trinajstić information content (AvgIpc) is 3.24. The summed E-state index contributed by atoms with van der Waals surface area (Å²) in [5.41, 5.74) is 2.13. The molecule has 1 aliphatic heterocycles. The van der Waals surface area contributed by atoms with Gasteiger partial charge in [0.15, 0.2) is 23.5 Å². The molecule has 5 N–H and O–H groups in total. The van der Waals surface area contributed by atoms with Crippen LogP contribution in [0.15, 0.2) is 41.3 Å². The number of nitrogens with zero attached hydrogens (tertiary/aromatic N) is 2. The van der Waals surface area contributed by atoms with Crippen molar-refractivity contribution in [2.24, 2.45) is 0 Å². The Labute approximate surface area is 204 Å². The van der Waals surface area contributed by atoms with Crippen LogP contribution in [0.25, 0.3) is 0 Å². The summed E-state index contributed by atoms with van der Waals surface area (Å²) in [7, 11) is -4.39. The van der Waals surface area contributed by atoms with Crippen LogP contribution in [0.3, 0.4) is 0 Å². The van der Waals surface area contributed by atoms with E-state index in [4.69, 9.17) is 24.3 Å². The van der Waals surface area contributed by atoms with Gasteiger partial charge in [0.2, 0.25) is 0 Å². The maximum absolute atomic E-state index is 13.8. The van der Waals surface area contributed by atoms with Crippen LogP contribution >= 0.6 is 7.75 Å². The minimum Gasteiger partial charge on any atom is -0.462 e. The van der Waals surface area contributed by atoms with Gasteiger partial charge < -0.3 is 29.9 Å². The highest BCUT2D eigenvalue weighted by molar-refractivity contribution is 7.52. The van der Waals surface area contributed by atoms with E-state index in [0.717, 1.165) is 0 Å². The lowest BCUT2D eigenvalue weighted by molar-refractivity contribution is -0.149. The number of aliphatic hydroxyl groups is 2. The number of nitrogens with two attached hydrogens (primary N) is 1. The number of aliphatic hydroxyl groups excluding tert-OH is 1.